The zero-order valence-electron chi connectivity index (χ0n) is 17.2. The van der Waals surface area contributed by atoms with Crippen LogP contribution in [0.5, 0.6) is 0 Å². The molecule has 29 heavy (non-hydrogen) atoms. The lowest BCUT2D eigenvalue weighted by Gasteiger charge is -2.18. The fourth-order valence-corrected chi connectivity index (χ4v) is 3.77. The minimum Gasteiger partial charge on any atom is -0.342 e. The molecule has 5 aromatic rings. The summed E-state index contributed by atoms with van der Waals surface area (Å²) in [6.45, 7) is 8.66. The molecule has 2 heterocycles. The van der Waals surface area contributed by atoms with E-state index in [1.165, 1.54) is 5.56 Å². The number of rotatable bonds is 2. The van der Waals surface area contributed by atoms with Gasteiger partial charge in [0.1, 0.15) is 11.6 Å². The Morgan fingerprint density at radius 3 is 2.10 bits per heavy atom. The summed E-state index contributed by atoms with van der Waals surface area (Å²) < 4.78 is 0. The fraction of sp³-hybridized carbons (Fsp3) is 0.200. The Balaban J connectivity index is 1.52. The van der Waals surface area contributed by atoms with Crippen LogP contribution in [0.15, 0.2) is 60.7 Å². The van der Waals surface area contributed by atoms with Gasteiger partial charge in [-0.2, -0.15) is 0 Å². The van der Waals surface area contributed by atoms with Gasteiger partial charge in [-0.1, -0.05) is 57.2 Å². The van der Waals surface area contributed by atoms with E-state index in [-0.39, 0.29) is 5.41 Å². The first-order valence-corrected chi connectivity index (χ1v) is 9.94. The minimum absolute atomic E-state index is 0.148. The molecular weight excluding hydrogens is 356 g/mol. The molecular formula is C25H24N4. The maximum Gasteiger partial charge on any atom is 0.138 e. The van der Waals surface area contributed by atoms with Gasteiger partial charge in [0.2, 0.25) is 0 Å². The highest BCUT2D eigenvalue weighted by Gasteiger charge is 2.14. The van der Waals surface area contributed by atoms with E-state index in [1.807, 2.05) is 6.92 Å². The van der Waals surface area contributed by atoms with Crippen LogP contribution in [-0.2, 0) is 5.41 Å². The van der Waals surface area contributed by atoms with Gasteiger partial charge >= 0.3 is 0 Å². The van der Waals surface area contributed by atoms with Gasteiger partial charge in [-0.25, -0.2) is 9.97 Å². The van der Waals surface area contributed by atoms with Gasteiger partial charge in [-0.15, -0.1) is 0 Å². The number of nitrogens with one attached hydrogen (secondary N) is 2. The summed E-state index contributed by atoms with van der Waals surface area (Å²) in [5.74, 6) is 1.83. The summed E-state index contributed by atoms with van der Waals surface area (Å²) in [5, 5.41) is 0. The summed E-state index contributed by atoms with van der Waals surface area (Å²) in [6, 6.07) is 21.4. The van der Waals surface area contributed by atoms with E-state index >= 15 is 0 Å². The molecule has 0 spiro atoms. The molecule has 0 amide bonds. The average molecular weight is 380 g/mol. The number of hydrogen-bond acceptors (Lipinski definition) is 2. The summed E-state index contributed by atoms with van der Waals surface area (Å²) >= 11 is 0. The van der Waals surface area contributed by atoms with Crippen molar-refractivity contribution < 1.29 is 0 Å². The van der Waals surface area contributed by atoms with Crippen molar-refractivity contribution in [2.45, 2.75) is 33.1 Å². The predicted octanol–water partition coefficient (Wildman–Crippen LogP) is 6.38. The highest BCUT2D eigenvalue weighted by atomic mass is 14.9. The summed E-state index contributed by atoms with van der Waals surface area (Å²) in [7, 11) is 0. The van der Waals surface area contributed by atoms with E-state index in [0.717, 1.165) is 50.4 Å². The van der Waals surface area contributed by atoms with E-state index in [4.69, 9.17) is 4.98 Å². The van der Waals surface area contributed by atoms with E-state index < -0.39 is 0 Å². The second kappa shape index (κ2) is 6.31. The Hall–Kier alpha value is -3.40. The highest BCUT2D eigenvalue weighted by molar-refractivity contribution is 5.87. The van der Waals surface area contributed by atoms with Gasteiger partial charge in [0.25, 0.3) is 0 Å². The third-order valence-electron chi connectivity index (χ3n) is 5.44. The second-order valence-corrected chi connectivity index (χ2v) is 8.70. The van der Waals surface area contributed by atoms with Gasteiger partial charge in [0.15, 0.2) is 0 Å². The molecule has 0 aliphatic heterocycles. The monoisotopic (exact) mass is 380 g/mol. The van der Waals surface area contributed by atoms with Crippen LogP contribution in [0.4, 0.5) is 0 Å². The molecule has 0 radical (unpaired) electrons. The fourth-order valence-electron chi connectivity index (χ4n) is 3.77. The SMILES string of the molecule is Cc1nc2cc(-c3ccc4nc(-c5ccc(C(C)(C)C)cc5)[nH]c4c3)ccc2[nH]1. The van der Waals surface area contributed by atoms with Crippen LogP contribution < -0.4 is 0 Å². The summed E-state index contributed by atoms with van der Waals surface area (Å²) in [4.78, 5) is 16.1. The lowest BCUT2D eigenvalue weighted by molar-refractivity contribution is 0.590. The number of aromatic amines is 2. The Labute approximate surface area is 170 Å². The third-order valence-corrected chi connectivity index (χ3v) is 5.44. The van der Waals surface area contributed by atoms with Crippen molar-refractivity contribution in [2.24, 2.45) is 0 Å². The van der Waals surface area contributed by atoms with Gasteiger partial charge in [-0.05, 0) is 53.3 Å². The van der Waals surface area contributed by atoms with Crippen LogP contribution >= 0.6 is 0 Å². The molecule has 2 N–H and O–H groups in total. The first-order chi connectivity index (χ1) is 13.9. The maximum absolute atomic E-state index is 4.79. The van der Waals surface area contributed by atoms with Crippen LogP contribution in [0.25, 0.3) is 44.6 Å². The number of aryl methyl sites for hydroxylation is 1. The lowest BCUT2D eigenvalue weighted by atomic mass is 9.87. The smallest absolute Gasteiger partial charge is 0.138 e. The molecule has 0 unspecified atom stereocenters. The molecule has 0 aliphatic rings. The summed E-state index contributed by atoms with van der Waals surface area (Å²) in [5.41, 5.74) is 8.94. The molecule has 4 heteroatoms. The largest absolute Gasteiger partial charge is 0.342 e. The van der Waals surface area contributed by atoms with Crippen LogP contribution in [0.3, 0.4) is 0 Å². The molecule has 2 aromatic heterocycles. The van der Waals surface area contributed by atoms with Crippen LogP contribution in [0, 0.1) is 6.92 Å². The molecule has 0 saturated carbocycles. The molecule has 144 valence electrons. The van der Waals surface area contributed by atoms with Crippen LogP contribution in [0.2, 0.25) is 0 Å². The number of fused-ring (bicyclic) bond motifs is 2. The Kier molecular flexibility index (Phi) is 3.85. The molecule has 0 bridgehead atoms. The quantitative estimate of drug-likeness (QED) is 0.373. The Bertz CT molecular complexity index is 1330. The number of hydrogen-bond donors (Lipinski definition) is 2. The van der Waals surface area contributed by atoms with Crippen molar-refractivity contribution in [1.29, 1.82) is 0 Å². The first kappa shape index (κ1) is 17.7. The second-order valence-electron chi connectivity index (χ2n) is 8.70. The topological polar surface area (TPSA) is 57.4 Å². The van der Waals surface area contributed by atoms with Crippen molar-refractivity contribution in [3.63, 3.8) is 0 Å². The zero-order chi connectivity index (χ0) is 20.2. The van der Waals surface area contributed by atoms with Gasteiger partial charge in [0, 0.05) is 5.56 Å². The zero-order valence-corrected chi connectivity index (χ0v) is 17.2. The van der Waals surface area contributed by atoms with Crippen molar-refractivity contribution >= 4 is 22.1 Å². The number of nitrogens with zero attached hydrogens (tertiary/aromatic N) is 2. The Morgan fingerprint density at radius 2 is 1.34 bits per heavy atom. The molecule has 3 aromatic carbocycles. The predicted molar refractivity (Wildman–Crippen MR) is 120 cm³/mol. The van der Waals surface area contributed by atoms with E-state index in [2.05, 4.69) is 96.4 Å². The third kappa shape index (κ3) is 3.21. The number of benzene rings is 3. The highest BCUT2D eigenvalue weighted by Crippen LogP contribution is 2.29. The molecule has 0 aliphatic carbocycles. The van der Waals surface area contributed by atoms with E-state index in [0.29, 0.717) is 0 Å². The van der Waals surface area contributed by atoms with Crippen molar-refractivity contribution in [3.8, 4) is 22.5 Å². The van der Waals surface area contributed by atoms with Gasteiger partial charge < -0.3 is 9.97 Å². The van der Waals surface area contributed by atoms with Crippen molar-refractivity contribution in [2.75, 3.05) is 0 Å². The lowest BCUT2D eigenvalue weighted by Crippen LogP contribution is -2.10. The number of imidazole rings is 2. The molecule has 4 nitrogen and oxygen atoms in total. The van der Waals surface area contributed by atoms with Gasteiger partial charge in [0.05, 0.1) is 22.1 Å². The average Bonchev–Trinajstić information content (AvgIpc) is 3.28. The normalized spacial score (nSPS) is 12.1. The van der Waals surface area contributed by atoms with Crippen LogP contribution in [-0.4, -0.2) is 19.9 Å². The van der Waals surface area contributed by atoms with E-state index in [9.17, 15) is 0 Å². The maximum atomic E-state index is 4.79. The number of aromatic nitrogens is 4. The minimum atomic E-state index is 0.148. The van der Waals surface area contributed by atoms with Crippen LogP contribution in [0.1, 0.15) is 32.2 Å². The molecule has 5 rings (SSSR count). The van der Waals surface area contributed by atoms with Crippen molar-refractivity contribution in [3.05, 3.63) is 72.1 Å². The molecule has 0 fully saturated rings. The standard InChI is InChI=1S/C25H24N4/c1-15-26-20-11-7-17(13-22(20)27-15)18-8-12-21-23(14-18)29-24(28-21)16-5-9-19(10-6-16)25(2,3)4/h5-14H,1-4H3,(H,26,27)(H,28,29). The number of H-pyrrole nitrogens is 2. The Morgan fingerprint density at radius 1 is 0.655 bits per heavy atom. The molecule has 0 atom stereocenters. The molecule has 0 saturated heterocycles. The van der Waals surface area contributed by atoms with E-state index in [1.54, 1.807) is 0 Å². The van der Waals surface area contributed by atoms with Crippen molar-refractivity contribution in [1.82, 2.24) is 19.9 Å². The van der Waals surface area contributed by atoms with Gasteiger partial charge in [-0.3, -0.25) is 0 Å². The summed E-state index contributed by atoms with van der Waals surface area (Å²) in [6.07, 6.45) is 0. The first-order valence-electron chi connectivity index (χ1n) is 9.94.